The van der Waals surface area contributed by atoms with Crippen molar-refractivity contribution in [2.45, 2.75) is 19.4 Å². The maximum absolute atomic E-state index is 12.8. The number of piperidine rings is 1. The molecule has 2 aromatic carbocycles. The predicted octanol–water partition coefficient (Wildman–Crippen LogP) is 4.10. The number of carbonyl (C=O) groups excluding carboxylic acids is 2. The Kier molecular flexibility index (Phi) is 5.48. The van der Waals surface area contributed by atoms with Gasteiger partial charge in [0.25, 0.3) is 5.91 Å². The average Bonchev–Trinajstić information content (AvgIpc) is 3.15. The number of fused-ring (bicyclic) bond motifs is 1. The van der Waals surface area contributed by atoms with E-state index in [1.54, 1.807) is 0 Å². The molecule has 0 atom stereocenters. The topological polar surface area (TPSA) is 65.2 Å². The molecule has 4 rings (SSSR count). The summed E-state index contributed by atoms with van der Waals surface area (Å²) in [5.41, 5.74) is 2.63. The van der Waals surface area contributed by atoms with Crippen LogP contribution in [-0.4, -0.2) is 34.8 Å². The molecule has 1 aromatic heterocycles. The van der Waals surface area contributed by atoms with Crippen LogP contribution in [0.3, 0.4) is 0 Å². The molecule has 0 unspecified atom stereocenters. The highest BCUT2D eigenvalue weighted by atomic mass is 79.9. The fourth-order valence-corrected chi connectivity index (χ4v) is 4.02. The lowest BCUT2D eigenvalue weighted by Crippen LogP contribution is -2.43. The van der Waals surface area contributed by atoms with Crippen LogP contribution in [0.25, 0.3) is 10.9 Å². The molecular weight excluding hydrogens is 418 g/mol. The number of amides is 2. The van der Waals surface area contributed by atoms with Crippen molar-refractivity contribution < 1.29 is 9.59 Å². The zero-order chi connectivity index (χ0) is 19.5. The zero-order valence-electron chi connectivity index (χ0n) is 15.5. The first-order valence-corrected chi connectivity index (χ1v) is 10.3. The Labute approximate surface area is 172 Å². The molecule has 2 heterocycles. The summed E-state index contributed by atoms with van der Waals surface area (Å²) in [6.07, 6.45) is 1.39. The van der Waals surface area contributed by atoms with Crippen molar-refractivity contribution in [1.29, 1.82) is 0 Å². The van der Waals surface area contributed by atoms with Crippen LogP contribution in [0.4, 0.5) is 0 Å². The molecule has 144 valence electrons. The summed E-state index contributed by atoms with van der Waals surface area (Å²) in [6.45, 7) is 1.74. The van der Waals surface area contributed by atoms with Gasteiger partial charge in [0.15, 0.2) is 0 Å². The van der Waals surface area contributed by atoms with Crippen molar-refractivity contribution in [2.75, 3.05) is 13.1 Å². The summed E-state index contributed by atoms with van der Waals surface area (Å²) in [5, 5.41) is 4.03. The van der Waals surface area contributed by atoms with Crippen LogP contribution in [0.2, 0.25) is 0 Å². The van der Waals surface area contributed by atoms with Crippen molar-refractivity contribution in [3.05, 3.63) is 70.3 Å². The minimum atomic E-state index is -0.0357. The summed E-state index contributed by atoms with van der Waals surface area (Å²) >= 11 is 3.45. The Bertz CT molecular complexity index is 991. The molecule has 0 radical (unpaired) electrons. The van der Waals surface area contributed by atoms with Crippen molar-refractivity contribution in [3.63, 3.8) is 0 Å². The van der Waals surface area contributed by atoms with E-state index in [1.165, 1.54) is 0 Å². The fourth-order valence-electron chi connectivity index (χ4n) is 3.66. The van der Waals surface area contributed by atoms with E-state index in [1.807, 2.05) is 59.5 Å². The van der Waals surface area contributed by atoms with E-state index in [0.717, 1.165) is 20.9 Å². The van der Waals surface area contributed by atoms with Crippen LogP contribution in [0, 0.1) is 5.92 Å². The Morgan fingerprint density at radius 3 is 2.57 bits per heavy atom. The van der Waals surface area contributed by atoms with Crippen molar-refractivity contribution in [2.24, 2.45) is 5.92 Å². The maximum Gasteiger partial charge on any atom is 0.270 e. The Morgan fingerprint density at radius 2 is 1.82 bits per heavy atom. The van der Waals surface area contributed by atoms with Crippen molar-refractivity contribution in [3.8, 4) is 0 Å². The lowest BCUT2D eigenvalue weighted by atomic mass is 9.95. The van der Waals surface area contributed by atoms with Gasteiger partial charge in [0.05, 0.1) is 0 Å². The van der Waals surface area contributed by atoms with Crippen LogP contribution in [0.15, 0.2) is 59.1 Å². The average molecular weight is 440 g/mol. The third-order valence-electron chi connectivity index (χ3n) is 5.28. The fraction of sp³-hybridized carbons (Fsp3) is 0.273. The van der Waals surface area contributed by atoms with E-state index >= 15 is 0 Å². The number of hydrogen-bond donors (Lipinski definition) is 2. The van der Waals surface area contributed by atoms with E-state index in [0.29, 0.717) is 38.2 Å². The zero-order valence-corrected chi connectivity index (χ0v) is 17.0. The van der Waals surface area contributed by atoms with Gasteiger partial charge in [0.1, 0.15) is 5.69 Å². The first-order chi connectivity index (χ1) is 13.6. The molecule has 1 fully saturated rings. The number of likely N-dealkylation sites (tertiary alicyclic amines) is 1. The number of rotatable bonds is 4. The highest BCUT2D eigenvalue weighted by Crippen LogP contribution is 2.23. The van der Waals surface area contributed by atoms with Crippen LogP contribution in [0.1, 0.15) is 28.9 Å². The third kappa shape index (κ3) is 4.12. The number of hydrogen-bond acceptors (Lipinski definition) is 2. The molecule has 0 aliphatic carbocycles. The summed E-state index contributed by atoms with van der Waals surface area (Å²) < 4.78 is 0.975. The second-order valence-corrected chi connectivity index (χ2v) is 8.10. The van der Waals surface area contributed by atoms with Gasteiger partial charge < -0.3 is 15.2 Å². The number of carbonyl (C=O) groups is 2. The minimum Gasteiger partial charge on any atom is -0.352 e. The number of halogens is 1. The van der Waals surface area contributed by atoms with Gasteiger partial charge in [-0.1, -0.05) is 52.3 Å². The maximum atomic E-state index is 12.8. The Hall–Kier alpha value is -2.60. The van der Waals surface area contributed by atoms with E-state index in [9.17, 15) is 9.59 Å². The van der Waals surface area contributed by atoms with Gasteiger partial charge in [-0.3, -0.25) is 9.59 Å². The molecule has 2 N–H and O–H groups in total. The smallest absolute Gasteiger partial charge is 0.270 e. The predicted molar refractivity (Wildman–Crippen MR) is 113 cm³/mol. The minimum absolute atomic E-state index is 0.00420. The number of nitrogens with zero attached hydrogens (tertiary/aromatic N) is 1. The summed E-state index contributed by atoms with van der Waals surface area (Å²) in [7, 11) is 0. The van der Waals surface area contributed by atoms with E-state index in [2.05, 4.69) is 26.2 Å². The number of aromatic nitrogens is 1. The number of H-pyrrole nitrogens is 1. The van der Waals surface area contributed by atoms with Gasteiger partial charge in [-0.05, 0) is 36.6 Å². The van der Waals surface area contributed by atoms with E-state index < -0.39 is 0 Å². The quantitative estimate of drug-likeness (QED) is 0.642. The lowest BCUT2D eigenvalue weighted by Gasteiger charge is -2.31. The van der Waals surface area contributed by atoms with Gasteiger partial charge in [0.2, 0.25) is 5.91 Å². The third-order valence-corrected chi connectivity index (χ3v) is 5.77. The Morgan fingerprint density at radius 1 is 1.07 bits per heavy atom. The second kappa shape index (κ2) is 8.19. The van der Waals surface area contributed by atoms with Crippen LogP contribution in [0.5, 0.6) is 0 Å². The van der Waals surface area contributed by atoms with Gasteiger partial charge in [-0.15, -0.1) is 0 Å². The molecule has 0 saturated carbocycles. The van der Waals surface area contributed by atoms with Gasteiger partial charge in [-0.25, -0.2) is 0 Å². The van der Waals surface area contributed by atoms with E-state index in [4.69, 9.17) is 0 Å². The molecule has 28 heavy (non-hydrogen) atoms. The Balaban J connectivity index is 1.32. The SMILES string of the molecule is O=C(NCc1ccccc1)C1CCN(C(=O)c2cc3ccc(Br)cc3[nH]2)CC1. The summed E-state index contributed by atoms with van der Waals surface area (Å²) in [6, 6.07) is 17.7. The van der Waals surface area contributed by atoms with Crippen LogP contribution >= 0.6 is 15.9 Å². The normalized spacial score (nSPS) is 15.0. The largest absolute Gasteiger partial charge is 0.352 e. The van der Waals surface area contributed by atoms with Crippen molar-refractivity contribution >= 4 is 38.6 Å². The molecule has 1 aliphatic heterocycles. The molecular formula is C22H22BrN3O2. The summed E-state index contributed by atoms with van der Waals surface area (Å²) in [5.74, 6) is 0.0355. The van der Waals surface area contributed by atoms with Crippen LogP contribution < -0.4 is 5.32 Å². The number of aromatic amines is 1. The lowest BCUT2D eigenvalue weighted by molar-refractivity contribution is -0.126. The van der Waals surface area contributed by atoms with Gasteiger partial charge >= 0.3 is 0 Å². The highest BCUT2D eigenvalue weighted by Gasteiger charge is 2.28. The molecule has 1 aliphatic rings. The monoisotopic (exact) mass is 439 g/mol. The second-order valence-electron chi connectivity index (χ2n) is 7.18. The van der Waals surface area contributed by atoms with Gasteiger partial charge in [-0.2, -0.15) is 0 Å². The molecule has 6 heteroatoms. The van der Waals surface area contributed by atoms with Crippen molar-refractivity contribution in [1.82, 2.24) is 15.2 Å². The number of nitrogens with one attached hydrogen (secondary N) is 2. The standard InChI is InChI=1S/C22H22BrN3O2/c23-18-7-6-17-12-20(25-19(17)13-18)22(28)26-10-8-16(9-11-26)21(27)24-14-15-4-2-1-3-5-15/h1-7,12-13,16,25H,8-11,14H2,(H,24,27). The molecule has 0 spiro atoms. The molecule has 5 nitrogen and oxygen atoms in total. The molecule has 1 saturated heterocycles. The first kappa shape index (κ1) is 18.7. The first-order valence-electron chi connectivity index (χ1n) is 9.49. The molecule has 3 aromatic rings. The summed E-state index contributed by atoms with van der Waals surface area (Å²) in [4.78, 5) is 30.3. The van der Waals surface area contributed by atoms with Crippen LogP contribution in [-0.2, 0) is 11.3 Å². The highest BCUT2D eigenvalue weighted by molar-refractivity contribution is 9.10. The van der Waals surface area contributed by atoms with Gasteiger partial charge in [0, 0.05) is 40.9 Å². The van der Waals surface area contributed by atoms with E-state index in [-0.39, 0.29) is 17.7 Å². The number of benzene rings is 2. The molecule has 0 bridgehead atoms. The molecule has 2 amide bonds.